The molecule has 0 spiro atoms. The number of hydrogen-bond acceptors (Lipinski definition) is 15. The number of azo groups is 2. The van der Waals surface area contributed by atoms with Crippen LogP contribution in [0.2, 0.25) is 0 Å². The fourth-order valence-electron chi connectivity index (χ4n) is 4.83. The molecule has 1 aromatic heterocycles. The molecular weight excluding hydrogens is 761 g/mol. The van der Waals surface area contributed by atoms with E-state index in [2.05, 4.69) is 40.7 Å². The average Bonchev–Trinajstić information content (AvgIpc) is 3.13. The summed E-state index contributed by atoms with van der Waals surface area (Å²) in [6.45, 7) is -0.194. The van der Waals surface area contributed by atoms with Crippen LogP contribution in [0.4, 0.5) is 28.7 Å². The number of ether oxygens (including phenoxy) is 1. The van der Waals surface area contributed by atoms with Crippen LogP contribution in [-0.4, -0.2) is 82.5 Å². The second-order valence-electron chi connectivity index (χ2n) is 11.5. The lowest BCUT2D eigenvalue weighted by atomic mass is 10.1. The van der Waals surface area contributed by atoms with Crippen molar-refractivity contribution < 1.29 is 50.5 Å². The van der Waals surface area contributed by atoms with Crippen LogP contribution in [0.5, 0.6) is 5.75 Å². The summed E-state index contributed by atoms with van der Waals surface area (Å²) in [5.74, 6) is -2.20. The maximum Gasteiger partial charge on any atom is 0.335 e. The van der Waals surface area contributed by atoms with Gasteiger partial charge in [0.05, 0.1) is 51.6 Å². The Hall–Kier alpha value is -6.55. The van der Waals surface area contributed by atoms with Crippen LogP contribution in [0.1, 0.15) is 43.5 Å². The van der Waals surface area contributed by atoms with E-state index in [4.69, 9.17) is 4.74 Å². The van der Waals surface area contributed by atoms with Gasteiger partial charge in [-0.2, -0.15) is 47.3 Å². The maximum atomic E-state index is 11.5. The van der Waals surface area contributed by atoms with Crippen molar-refractivity contribution in [2.24, 2.45) is 20.5 Å². The predicted molar refractivity (Wildman–Crippen MR) is 195 cm³/mol. The van der Waals surface area contributed by atoms with Crippen LogP contribution >= 0.6 is 0 Å². The number of hydrogen-bond donors (Lipinski definition) is 5. The fourth-order valence-corrected chi connectivity index (χ4v) is 5.71. The van der Waals surface area contributed by atoms with Crippen LogP contribution in [0.3, 0.4) is 0 Å². The summed E-state index contributed by atoms with van der Waals surface area (Å²) in [4.78, 5) is 35.9. The highest BCUT2D eigenvalue weighted by Gasteiger charge is 2.15. The van der Waals surface area contributed by atoms with Crippen molar-refractivity contribution in [1.29, 1.82) is 0 Å². The Kier molecular flexibility index (Phi) is 12.3. The summed E-state index contributed by atoms with van der Waals surface area (Å²) < 4.78 is 69.5. The van der Waals surface area contributed by atoms with E-state index < -0.39 is 37.9 Å². The second-order valence-corrected chi connectivity index (χ2v) is 14.5. The molecule has 21 heteroatoms. The fraction of sp³-hybridized carbons (Fsp3) is 0.147. The van der Waals surface area contributed by atoms with Gasteiger partial charge in [0, 0.05) is 31.0 Å². The zero-order chi connectivity index (χ0) is 39.8. The van der Waals surface area contributed by atoms with E-state index in [0.29, 0.717) is 28.5 Å². The molecule has 0 aliphatic heterocycles. The number of carboxylic acid groups (broad SMARTS) is 2. The first-order chi connectivity index (χ1) is 26.0. The molecule has 0 atom stereocenters. The molecule has 0 amide bonds. The zero-order valence-corrected chi connectivity index (χ0v) is 30.1. The van der Waals surface area contributed by atoms with E-state index in [1.54, 1.807) is 42.5 Å². The number of nitrogens with one attached hydrogen (secondary N) is 1. The molecule has 19 nitrogen and oxygen atoms in total. The maximum absolute atomic E-state index is 11.5. The van der Waals surface area contributed by atoms with Gasteiger partial charge < -0.3 is 20.3 Å². The predicted octanol–water partition coefficient (Wildman–Crippen LogP) is 5.84. The highest BCUT2D eigenvalue weighted by molar-refractivity contribution is 7.86. The molecule has 0 saturated heterocycles. The molecule has 5 rings (SSSR count). The number of carbonyl (C=O) groups is 2. The van der Waals surface area contributed by atoms with Crippen molar-refractivity contribution in [3.63, 3.8) is 0 Å². The molecule has 0 saturated carbocycles. The Morgan fingerprint density at radius 1 is 0.691 bits per heavy atom. The van der Waals surface area contributed by atoms with Gasteiger partial charge in [0.15, 0.2) is 0 Å². The standard InChI is InChI=1S/C34H30N8O11S2/c1-53-29-19-26(41-40-25-3-2-4-28(18-25)55(50,51)52)10-7-21(29)17-31-36-30(37-34(38-31)35-11-12-54(47,48)49)13-20-5-8-24(9-6-20)39-42-27-15-22(32(43)44)14-23(16-27)33(45)46/h2-10,14-16,18-19H,11-13,17H2,1H3,(H,43,44)(H,45,46)(H,47,48,49)(H,50,51,52)(H,35,36,37,38). The number of aromatic carboxylic acids is 2. The van der Waals surface area contributed by atoms with Crippen molar-refractivity contribution >= 4 is 60.9 Å². The van der Waals surface area contributed by atoms with Gasteiger partial charge in [-0.05, 0) is 60.2 Å². The highest BCUT2D eigenvalue weighted by Crippen LogP contribution is 2.29. The van der Waals surface area contributed by atoms with Crippen LogP contribution < -0.4 is 10.1 Å². The van der Waals surface area contributed by atoms with Crippen LogP contribution in [0.25, 0.3) is 0 Å². The minimum Gasteiger partial charge on any atom is -0.496 e. The van der Waals surface area contributed by atoms with Crippen molar-refractivity contribution in [2.75, 3.05) is 24.7 Å². The SMILES string of the molecule is COc1cc(N=Nc2cccc(S(=O)(=O)O)c2)ccc1Cc1nc(Cc2ccc(N=Nc3cc(C(=O)O)cc(C(=O)O)c3)cc2)nc(NCCS(=O)(=O)O)n1. The molecule has 0 radical (unpaired) electrons. The van der Waals surface area contributed by atoms with Gasteiger partial charge >= 0.3 is 11.9 Å². The molecule has 0 fully saturated rings. The van der Waals surface area contributed by atoms with Gasteiger partial charge in [-0.15, -0.1) is 0 Å². The smallest absolute Gasteiger partial charge is 0.335 e. The first-order valence-corrected chi connectivity index (χ1v) is 18.8. The summed E-state index contributed by atoms with van der Waals surface area (Å²) in [5.41, 5.74) is 1.82. The number of methoxy groups -OCH3 is 1. The molecule has 0 aliphatic carbocycles. The second kappa shape index (κ2) is 17.1. The molecule has 4 aromatic carbocycles. The zero-order valence-electron chi connectivity index (χ0n) is 28.5. The summed E-state index contributed by atoms with van der Waals surface area (Å²) in [7, 11) is -7.25. The first kappa shape index (κ1) is 39.7. The van der Waals surface area contributed by atoms with Crippen molar-refractivity contribution in [3.05, 3.63) is 119 Å². The summed E-state index contributed by atoms with van der Waals surface area (Å²) >= 11 is 0. The lowest BCUT2D eigenvalue weighted by Gasteiger charge is -2.11. The molecule has 0 unspecified atom stereocenters. The quantitative estimate of drug-likeness (QED) is 0.0580. The Balaban J connectivity index is 1.36. The van der Waals surface area contributed by atoms with Crippen LogP contribution in [-0.2, 0) is 33.1 Å². The van der Waals surface area contributed by atoms with Gasteiger partial charge in [0.2, 0.25) is 5.95 Å². The van der Waals surface area contributed by atoms with E-state index in [1.165, 1.54) is 37.4 Å². The summed E-state index contributed by atoms with van der Waals surface area (Å²) in [6, 6.07) is 20.3. The number of aromatic nitrogens is 3. The van der Waals surface area contributed by atoms with E-state index in [-0.39, 0.29) is 58.6 Å². The summed E-state index contributed by atoms with van der Waals surface area (Å²) in [5, 5.41) is 37.6. The Bertz CT molecular complexity index is 2500. The van der Waals surface area contributed by atoms with E-state index in [9.17, 15) is 45.7 Å². The molecular formula is C34H30N8O11S2. The van der Waals surface area contributed by atoms with Crippen molar-refractivity contribution in [2.45, 2.75) is 17.7 Å². The monoisotopic (exact) mass is 790 g/mol. The minimum absolute atomic E-state index is 0.0350. The average molecular weight is 791 g/mol. The molecule has 284 valence electrons. The van der Waals surface area contributed by atoms with Crippen LogP contribution in [0, 0.1) is 0 Å². The Morgan fingerprint density at radius 2 is 1.27 bits per heavy atom. The van der Waals surface area contributed by atoms with E-state index in [1.807, 2.05) is 0 Å². The molecule has 0 bridgehead atoms. The topological polar surface area (TPSA) is 293 Å². The molecule has 55 heavy (non-hydrogen) atoms. The van der Waals surface area contributed by atoms with Crippen molar-refractivity contribution in [1.82, 2.24) is 15.0 Å². The normalized spacial score (nSPS) is 11.9. The lowest BCUT2D eigenvalue weighted by Crippen LogP contribution is -2.17. The largest absolute Gasteiger partial charge is 0.496 e. The van der Waals surface area contributed by atoms with Gasteiger partial charge in [-0.1, -0.05) is 24.3 Å². The molecule has 5 N–H and O–H groups in total. The van der Waals surface area contributed by atoms with Gasteiger partial charge in [-0.3, -0.25) is 9.11 Å². The lowest BCUT2D eigenvalue weighted by molar-refractivity contribution is 0.0696. The van der Waals surface area contributed by atoms with Gasteiger partial charge in [0.25, 0.3) is 20.2 Å². The first-order valence-electron chi connectivity index (χ1n) is 15.8. The number of rotatable bonds is 16. The molecule has 5 aromatic rings. The van der Waals surface area contributed by atoms with Crippen LogP contribution in [0.15, 0.2) is 110 Å². The minimum atomic E-state index is -4.43. The number of anilines is 1. The summed E-state index contributed by atoms with van der Waals surface area (Å²) in [6.07, 6.45) is 0.323. The van der Waals surface area contributed by atoms with Gasteiger partial charge in [-0.25, -0.2) is 14.6 Å². The third-order valence-electron chi connectivity index (χ3n) is 7.38. The third-order valence-corrected chi connectivity index (χ3v) is 8.95. The highest BCUT2D eigenvalue weighted by atomic mass is 32.2. The van der Waals surface area contributed by atoms with E-state index >= 15 is 0 Å². The molecule has 0 aliphatic rings. The number of benzene rings is 4. The third kappa shape index (κ3) is 11.7. The number of carboxylic acids is 2. The van der Waals surface area contributed by atoms with E-state index in [0.717, 1.165) is 17.7 Å². The Morgan fingerprint density at radius 3 is 1.87 bits per heavy atom. The van der Waals surface area contributed by atoms with Gasteiger partial charge in [0.1, 0.15) is 17.4 Å². The Labute approximate surface area is 313 Å². The molecule has 1 heterocycles. The van der Waals surface area contributed by atoms with Crippen molar-refractivity contribution in [3.8, 4) is 5.75 Å². The number of nitrogens with zero attached hydrogens (tertiary/aromatic N) is 7.